The SMILES string of the molecule is CCCCCCCCCCOC(=O)c1ccccc1C(=O)OCC(F)(F)C(F)(F)C(F)(F)F. The Morgan fingerprint density at radius 3 is 1.67 bits per heavy atom. The van der Waals surface area contributed by atoms with Crippen molar-refractivity contribution < 1.29 is 49.8 Å². The minimum atomic E-state index is -6.54. The van der Waals surface area contributed by atoms with E-state index in [-0.39, 0.29) is 12.2 Å². The third-order valence-corrected chi connectivity index (χ3v) is 4.80. The van der Waals surface area contributed by atoms with Gasteiger partial charge in [0.05, 0.1) is 17.7 Å². The Hall–Kier alpha value is -2.33. The van der Waals surface area contributed by atoms with Gasteiger partial charge in [-0.3, -0.25) is 0 Å². The highest BCUT2D eigenvalue weighted by molar-refractivity contribution is 6.03. The molecule has 33 heavy (non-hydrogen) atoms. The third kappa shape index (κ3) is 8.51. The number of carbonyl (C=O) groups excluding carboxylic acids is 2. The lowest BCUT2D eigenvalue weighted by Crippen LogP contribution is -2.54. The van der Waals surface area contributed by atoms with Crippen LogP contribution in [0.25, 0.3) is 0 Å². The van der Waals surface area contributed by atoms with Gasteiger partial charge in [-0.2, -0.15) is 30.7 Å². The van der Waals surface area contributed by atoms with E-state index in [1.54, 1.807) is 0 Å². The molecule has 0 aliphatic heterocycles. The van der Waals surface area contributed by atoms with Gasteiger partial charge in [-0.15, -0.1) is 0 Å². The second-order valence-corrected chi connectivity index (χ2v) is 7.51. The molecule has 0 saturated heterocycles. The van der Waals surface area contributed by atoms with Crippen LogP contribution in [0.5, 0.6) is 0 Å². The highest BCUT2D eigenvalue weighted by atomic mass is 19.4. The summed E-state index contributed by atoms with van der Waals surface area (Å²) in [6.45, 7) is -0.374. The van der Waals surface area contributed by atoms with E-state index < -0.39 is 42.1 Å². The lowest BCUT2D eigenvalue weighted by atomic mass is 10.1. The minimum absolute atomic E-state index is 0.0348. The summed E-state index contributed by atoms with van der Waals surface area (Å²) in [4.78, 5) is 24.2. The van der Waals surface area contributed by atoms with Gasteiger partial charge in [0.15, 0.2) is 6.61 Å². The topological polar surface area (TPSA) is 52.6 Å². The smallest absolute Gasteiger partial charge is 0.460 e. The van der Waals surface area contributed by atoms with Crippen LogP contribution < -0.4 is 0 Å². The quantitative estimate of drug-likeness (QED) is 0.161. The van der Waals surface area contributed by atoms with E-state index in [0.29, 0.717) is 6.42 Å². The molecular formula is C22H27F7O4. The second kappa shape index (κ2) is 12.8. The number of unbranched alkanes of at least 4 members (excludes halogenated alkanes) is 7. The van der Waals surface area contributed by atoms with E-state index in [1.165, 1.54) is 18.6 Å². The van der Waals surface area contributed by atoms with E-state index in [1.807, 2.05) is 0 Å². The average molecular weight is 488 g/mol. The van der Waals surface area contributed by atoms with Crippen LogP contribution in [0.1, 0.15) is 79.0 Å². The molecule has 4 nitrogen and oxygen atoms in total. The molecular weight excluding hydrogens is 461 g/mol. The Balaban J connectivity index is 2.61. The molecule has 1 aromatic carbocycles. The fourth-order valence-electron chi connectivity index (χ4n) is 2.85. The molecule has 0 aliphatic carbocycles. The second-order valence-electron chi connectivity index (χ2n) is 7.51. The van der Waals surface area contributed by atoms with Crippen LogP contribution >= 0.6 is 0 Å². The largest absolute Gasteiger partial charge is 0.462 e. The number of hydrogen-bond acceptors (Lipinski definition) is 4. The van der Waals surface area contributed by atoms with Crippen molar-refractivity contribution >= 4 is 11.9 Å². The highest BCUT2D eigenvalue weighted by Crippen LogP contribution is 2.46. The van der Waals surface area contributed by atoms with Gasteiger partial charge in [0.25, 0.3) is 0 Å². The van der Waals surface area contributed by atoms with Crippen molar-refractivity contribution in [2.75, 3.05) is 13.2 Å². The van der Waals surface area contributed by atoms with Crippen LogP contribution in [-0.4, -0.2) is 43.2 Å². The first-order valence-corrected chi connectivity index (χ1v) is 10.6. The van der Waals surface area contributed by atoms with E-state index >= 15 is 0 Å². The van der Waals surface area contributed by atoms with Gasteiger partial charge in [0, 0.05) is 0 Å². The molecule has 1 rings (SSSR count). The number of hydrogen-bond donors (Lipinski definition) is 0. The zero-order valence-electron chi connectivity index (χ0n) is 18.2. The summed E-state index contributed by atoms with van der Waals surface area (Å²) in [7, 11) is 0. The summed E-state index contributed by atoms with van der Waals surface area (Å²) < 4.78 is 98.1. The van der Waals surface area contributed by atoms with Crippen LogP contribution in [0, 0.1) is 0 Å². The van der Waals surface area contributed by atoms with Gasteiger partial charge < -0.3 is 9.47 Å². The molecule has 0 spiro atoms. The predicted molar refractivity (Wildman–Crippen MR) is 106 cm³/mol. The average Bonchev–Trinajstić information content (AvgIpc) is 2.75. The predicted octanol–water partition coefficient (Wildman–Crippen LogP) is 6.97. The van der Waals surface area contributed by atoms with Gasteiger partial charge in [-0.05, 0) is 18.6 Å². The number of alkyl halides is 7. The summed E-state index contributed by atoms with van der Waals surface area (Å²) in [5, 5.41) is 0. The first-order chi connectivity index (χ1) is 15.3. The van der Waals surface area contributed by atoms with Crippen molar-refractivity contribution in [1.29, 1.82) is 0 Å². The van der Waals surface area contributed by atoms with Crippen LogP contribution in [0.15, 0.2) is 24.3 Å². The van der Waals surface area contributed by atoms with Crippen molar-refractivity contribution in [3.8, 4) is 0 Å². The number of benzene rings is 1. The molecule has 0 heterocycles. The maximum Gasteiger partial charge on any atom is 0.460 e. The van der Waals surface area contributed by atoms with Crippen LogP contribution in [0.3, 0.4) is 0 Å². The molecule has 0 aliphatic rings. The number of ether oxygens (including phenoxy) is 2. The lowest BCUT2D eigenvalue weighted by molar-refractivity contribution is -0.359. The Morgan fingerprint density at radius 2 is 1.18 bits per heavy atom. The summed E-state index contributed by atoms with van der Waals surface area (Å²) >= 11 is 0. The van der Waals surface area contributed by atoms with Crippen LogP contribution in [0.4, 0.5) is 30.7 Å². The van der Waals surface area contributed by atoms with Crippen molar-refractivity contribution in [1.82, 2.24) is 0 Å². The van der Waals surface area contributed by atoms with E-state index in [4.69, 9.17) is 4.74 Å². The van der Waals surface area contributed by atoms with Gasteiger partial charge >= 0.3 is 30.0 Å². The zero-order chi connectivity index (χ0) is 25.1. The maximum atomic E-state index is 13.3. The standard InChI is InChI=1S/C22H27F7O4/c1-2-3-4-5-6-7-8-11-14-32-18(30)16-12-9-10-13-17(16)19(31)33-15-20(23,24)21(25,26)22(27,28)29/h9-10,12-13H,2-8,11,14-15H2,1H3. The van der Waals surface area contributed by atoms with E-state index in [9.17, 15) is 40.3 Å². The van der Waals surface area contributed by atoms with Gasteiger partial charge in [-0.1, -0.05) is 64.0 Å². The fraction of sp³-hybridized carbons (Fsp3) is 0.636. The van der Waals surface area contributed by atoms with Crippen LogP contribution in [0.2, 0.25) is 0 Å². The normalized spacial score (nSPS) is 12.5. The van der Waals surface area contributed by atoms with Crippen molar-refractivity contribution in [2.45, 2.75) is 76.3 Å². The van der Waals surface area contributed by atoms with Gasteiger partial charge in [-0.25, -0.2) is 9.59 Å². The van der Waals surface area contributed by atoms with Crippen molar-refractivity contribution in [3.05, 3.63) is 35.4 Å². The maximum absolute atomic E-state index is 13.3. The summed E-state index contributed by atoms with van der Waals surface area (Å²) in [5.74, 6) is -14.7. The minimum Gasteiger partial charge on any atom is -0.462 e. The zero-order valence-corrected chi connectivity index (χ0v) is 18.2. The number of esters is 2. The first kappa shape index (κ1) is 28.7. The number of carbonyl (C=O) groups is 2. The molecule has 0 atom stereocenters. The highest BCUT2D eigenvalue weighted by Gasteiger charge is 2.73. The van der Waals surface area contributed by atoms with Crippen molar-refractivity contribution in [2.24, 2.45) is 0 Å². The van der Waals surface area contributed by atoms with Gasteiger partial charge in [0.2, 0.25) is 0 Å². The molecule has 0 bridgehead atoms. The molecule has 1 aromatic rings. The molecule has 0 unspecified atom stereocenters. The molecule has 0 amide bonds. The summed E-state index contributed by atoms with van der Waals surface area (Å²) in [6.07, 6.45) is 1.46. The number of rotatable bonds is 14. The molecule has 188 valence electrons. The van der Waals surface area contributed by atoms with Gasteiger partial charge in [0.1, 0.15) is 0 Å². The lowest BCUT2D eigenvalue weighted by Gasteiger charge is -2.27. The Bertz CT molecular complexity index is 763. The molecule has 0 fully saturated rings. The molecule has 0 radical (unpaired) electrons. The van der Waals surface area contributed by atoms with Crippen LogP contribution in [-0.2, 0) is 9.47 Å². The third-order valence-electron chi connectivity index (χ3n) is 4.80. The molecule has 0 saturated carbocycles. The Kier molecular flexibility index (Phi) is 11.1. The monoisotopic (exact) mass is 488 g/mol. The van der Waals surface area contributed by atoms with E-state index in [0.717, 1.165) is 50.7 Å². The van der Waals surface area contributed by atoms with E-state index in [2.05, 4.69) is 11.7 Å². The molecule has 0 N–H and O–H groups in total. The Labute approximate surface area is 187 Å². The Morgan fingerprint density at radius 1 is 0.727 bits per heavy atom. The van der Waals surface area contributed by atoms with Crippen molar-refractivity contribution in [3.63, 3.8) is 0 Å². The first-order valence-electron chi connectivity index (χ1n) is 10.6. The number of halogens is 7. The molecule has 0 aromatic heterocycles. The summed E-state index contributed by atoms with van der Waals surface area (Å²) in [5.41, 5.74) is -0.975. The fourth-order valence-corrected chi connectivity index (χ4v) is 2.85. The summed E-state index contributed by atoms with van der Waals surface area (Å²) in [6, 6.07) is 4.66. The molecule has 11 heteroatoms.